The molecule has 0 saturated heterocycles. The molecule has 0 aliphatic rings. The van der Waals surface area contributed by atoms with Crippen LogP contribution in [0.15, 0.2) is 53.3 Å². The third-order valence-electron chi connectivity index (χ3n) is 4.08. The Hall–Kier alpha value is -3.35. The third-order valence-corrected chi connectivity index (χ3v) is 4.08. The Bertz CT molecular complexity index is 1010. The number of primary amides is 1. The fourth-order valence-corrected chi connectivity index (χ4v) is 2.83. The number of benzene rings is 2. The second kappa shape index (κ2) is 7.26. The smallest absolute Gasteiger partial charge is 0.319 e. The van der Waals surface area contributed by atoms with E-state index >= 15 is 0 Å². The number of anilines is 1. The molecule has 3 aromatic rings. The molecule has 7 heteroatoms. The zero-order valence-electron chi connectivity index (χ0n) is 14.7. The first-order valence-corrected chi connectivity index (χ1v) is 8.26. The van der Waals surface area contributed by atoms with Crippen LogP contribution in [0, 0.1) is 0 Å². The molecule has 0 spiro atoms. The van der Waals surface area contributed by atoms with E-state index < -0.39 is 6.03 Å². The number of ether oxygens (including phenoxy) is 1. The zero-order chi connectivity index (χ0) is 18.7. The number of hydrogen-bond donors (Lipinski definition) is 1. The largest absolute Gasteiger partial charge is 0.492 e. The van der Waals surface area contributed by atoms with Crippen LogP contribution >= 0.6 is 0 Å². The van der Waals surface area contributed by atoms with Crippen LogP contribution in [-0.2, 0) is 13.6 Å². The van der Waals surface area contributed by atoms with E-state index in [-0.39, 0.29) is 17.8 Å². The summed E-state index contributed by atoms with van der Waals surface area (Å²) in [7, 11) is 1.68. The topological polar surface area (TPSA) is 90.4 Å². The van der Waals surface area contributed by atoms with E-state index in [1.54, 1.807) is 31.3 Å². The first kappa shape index (κ1) is 17.5. The molecule has 3 rings (SSSR count). The normalized spacial score (nSPS) is 10.7. The number of aryl methyl sites for hydroxylation is 1. The van der Waals surface area contributed by atoms with Gasteiger partial charge in [0, 0.05) is 7.05 Å². The van der Waals surface area contributed by atoms with Crippen molar-refractivity contribution in [1.29, 1.82) is 0 Å². The van der Waals surface area contributed by atoms with Crippen molar-refractivity contribution in [3.63, 3.8) is 0 Å². The minimum absolute atomic E-state index is 0.0447. The maximum absolute atomic E-state index is 12.7. The highest BCUT2D eigenvalue weighted by molar-refractivity contribution is 5.92. The molecular weight excluding hydrogens is 332 g/mol. The van der Waals surface area contributed by atoms with Crippen LogP contribution < -0.4 is 20.9 Å². The number of amides is 2. The third kappa shape index (κ3) is 3.23. The zero-order valence-corrected chi connectivity index (χ0v) is 14.7. The molecule has 7 nitrogen and oxygen atoms in total. The van der Waals surface area contributed by atoms with Gasteiger partial charge in [-0.15, -0.1) is 0 Å². The Balaban J connectivity index is 2.08. The number of rotatable bonds is 5. The van der Waals surface area contributed by atoms with Gasteiger partial charge in [-0.25, -0.2) is 9.78 Å². The Morgan fingerprint density at radius 2 is 1.88 bits per heavy atom. The van der Waals surface area contributed by atoms with Crippen molar-refractivity contribution in [3.8, 4) is 5.75 Å². The molecular formula is C19H20N4O3. The summed E-state index contributed by atoms with van der Waals surface area (Å²) in [4.78, 5) is 30.5. The lowest BCUT2D eigenvalue weighted by Gasteiger charge is -2.22. The molecule has 1 aromatic heterocycles. The molecule has 0 aliphatic heterocycles. The Morgan fingerprint density at radius 1 is 1.19 bits per heavy atom. The Kier molecular flexibility index (Phi) is 4.88. The van der Waals surface area contributed by atoms with Gasteiger partial charge in [0.15, 0.2) is 0 Å². The number of carbonyl (C=O) groups is 1. The first-order chi connectivity index (χ1) is 12.5. The van der Waals surface area contributed by atoms with Gasteiger partial charge >= 0.3 is 6.03 Å². The molecule has 2 N–H and O–H groups in total. The van der Waals surface area contributed by atoms with Gasteiger partial charge in [0.2, 0.25) is 0 Å². The van der Waals surface area contributed by atoms with E-state index in [2.05, 4.69) is 4.98 Å². The van der Waals surface area contributed by atoms with Crippen LogP contribution in [0.5, 0.6) is 5.75 Å². The molecule has 2 aromatic carbocycles. The van der Waals surface area contributed by atoms with Crippen molar-refractivity contribution in [2.75, 3.05) is 11.5 Å². The summed E-state index contributed by atoms with van der Waals surface area (Å²) in [5, 5.41) is 0. The maximum atomic E-state index is 12.7. The summed E-state index contributed by atoms with van der Waals surface area (Å²) in [6, 6.07) is 13.7. The highest BCUT2D eigenvalue weighted by atomic mass is 16.5. The number of fused-ring (bicyclic) bond motifs is 1. The number of para-hydroxylation sites is 4. The van der Waals surface area contributed by atoms with Gasteiger partial charge in [-0.3, -0.25) is 9.69 Å². The van der Waals surface area contributed by atoms with Crippen molar-refractivity contribution in [2.24, 2.45) is 12.8 Å². The van der Waals surface area contributed by atoms with Crippen molar-refractivity contribution in [3.05, 3.63) is 64.6 Å². The number of nitrogens with zero attached hydrogens (tertiary/aromatic N) is 3. The molecule has 1 heterocycles. The molecule has 0 radical (unpaired) electrons. The highest BCUT2D eigenvalue weighted by Crippen LogP contribution is 2.28. The number of aromatic nitrogens is 2. The predicted octanol–water partition coefficient (Wildman–Crippen LogP) is 2.42. The summed E-state index contributed by atoms with van der Waals surface area (Å²) in [5.41, 5.74) is 7.43. The lowest BCUT2D eigenvalue weighted by molar-refractivity contribution is 0.253. The fourth-order valence-electron chi connectivity index (χ4n) is 2.83. The number of urea groups is 1. The second-order valence-corrected chi connectivity index (χ2v) is 5.74. The summed E-state index contributed by atoms with van der Waals surface area (Å²) < 4.78 is 7.10. The Morgan fingerprint density at radius 3 is 2.62 bits per heavy atom. The van der Waals surface area contributed by atoms with Crippen molar-refractivity contribution in [1.82, 2.24) is 9.55 Å². The maximum Gasteiger partial charge on any atom is 0.319 e. The van der Waals surface area contributed by atoms with Gasteiger partial charge in [0.05, 0.1) is 29.9 Å². The molecule has 26 heavy (non-hydrogen) atoms. The van der Waals surface area contributed by atoms with E-state index in [1.807, 2.05) is 31.2 Å². The van der Waals surface area contributed by atoms with E-state index in [0.29, 0.717) is 23.6 Å². The van der Waals surface area contributed by atoms with Gasteiger partial charge in [-0.1, -0.05) is 24.3 Å². The fraction of sp³-hybridized carbons (Fsp3) is 0.211. The number of nitrogens with two attached hydrogens (primary N) is 1. The lowest BCUT2D eigenvalue weighted by Crippen LogP contribution is -2.38. The van der Waals surface area contributed by atoms with Crippen LogP contribution in [0.4, 0.5) is 10.5 Å². The molecule has 0 atom stereocenters. The van der Waals surface area contributed by atoms with Crippen LogP contribution in [0.1, 0.15) is 12.6 Å². The van der Waals surface area contributed by atoms with Crippen LogP contribution in [-0.4, -0.2) is 22.2 Å². The molecule has 0 fully saturated rings. The lowest BCUT2D eigenvalue weighted by atomic mass is 10.2. The first-order valence-electron chi connectivity index (χ1n) is 8.26. The average molecular weight is 352 g/mol. The van der Waals surface area contributed by atoms with E-state index in [1.165, 1.54) is 9.47 Å². The van der Waals surface area contributed by atoms with Gasteiger partial charge in [-0.2, -0.15) is 0 Å². The van der Waals surface area contributed by atoms with Crippen LogP contribution in [0.3, 0.4) is 0 Å². The van der Waals surface area contributed by atoms with E-state index in [9.17, 15) is 9.59 Å². The van der Waals surface area contributed by atoms with Gasteiger partial charge in [0.1, 0.15) is 11.4 Å². The summed E-state index contributed by atoms with van der Waals surface area (Å²) in [6.07, 6.45) is 0. The Labute approximate surface area is 150 Å². The monoisotopic (exact) mass is 352 g/mol. The van der Waals surface area contributed by atoms with Crippen molar-refractivity contribution >= 4 is 22.8 Å². The van der Waals surface area contributed by atoms with Crippen molar-refractivity contribution < 1.29 is 9.53 Å². The summed E-state index contributed by atoms with van der Waals surface area (Å²) in [5.74, 6) is 0.520. The second-order valence-electron chi connectivity index (χ2n) is 5.74. The average Bonchev–Trinajstić information content (AvgIpc) is 2.64. The van der Waals surface area contributed by atoms with Crippen LogP contribution in [0.25, 0.3) is 11.0 Å². The number of carbonyl (C=O) groups excluding carboxylic acids is 1. The minimum atomic E-state index is -0.686. The quantitative estimate of drug-likeness (QED) is 0.763. The molecule has 0 saturated carbocycles. The SMILES string of the molecule is CCOc1ccccc1N(Cc1nc2ccccc2n(C)c1=O)C(N)=O. The van der Waals surface area contributed by atoms with Gasteiger partial charge in [-0.05, 0) is 31.2 Å². The molecule has 0 aliphatic carbocycles. The molecule has 134 valence electrons. The van der Waals surface area contributed by atoms with Gasteiger partial charge in [0.25, 0.3) is 5.56 Å². The van der Waals surface area contributed by atoms with Crippen LogP contribution in [0.2, 0.25) is 0 Å². The highest BCUT2D eigenvalue weighted by Gasteiger charge is 2.20. The molecule has 2 amide bonds. The predicted molar refractivity (Wildman–Crippen MR) is 100 cm³/mol. The molecule has 0 unspecified atom stereocenters. The van der Waals surface area contributed by atoms with Crippen molar-refractivity contribution in [2.45, 2.75) is 13.5 Å². The van der Waals surface area contributed by atoms with Gasteiger partial charge < -0.3 is 15.0 Å². The summed E-state index contributed by atoms with van der Waals surface area (Å²) >= 11 is 0. The minimum Gasteiger partial charge on any atom is -0.492 e. The standard InChI is InChI=1S/C19H20N4O3/c1-3-26-17-11-7-6-10-16(17)23(19(20)25)12-14-18(24)22(2)15-9-5-4-8-13(15)21-14/h4-11H,3,12H2,1-2H3,(H2,20,25). The van der Waals surface area contributed by atoms with E-state index in [4.69, 9.17) is 10.5 Å². The van der Waals surface area contributed by atoms with E-state index in [0.717, 1.165) is 5.52 Å². The molecule has 0 bridgehead atoms. The summed E-state index contributed by atoms with van der Waals surface area (Å²) in [6.45, 7) is 2.25. The number of hydrogen-bond acceptors (Lipinski definition) is 4.